The summed E-state index contributed by atoms with van der Waals surface area (Å²) >= 11 is 0. The Morgan fingerprint density at radius 2 is 1.94 bits per heavy atom. The van der Waals surface area contributed by atoms with E-state index in [4.69, 9.17) is 4.74 Å². The number of esters is 1. The van der Waals surface area contributed by atoms with Crippen LogP contribution in [0.1, 0.15) is 46.0 Å². The number of hydrogen-bond acceptors (Lipinski definition) is 3. The highest BCUT2D eigenvalue weighted by Crippen LogP contribution is 2.46. The predicted octanol–water partition coefficient (Wildman–Crippen LogP) is 1.73. The molecule has 1 heterocycles. The van der Waals surface area contributed by atoms with Gasteiger partial charge in [-0.3, -0.25) is 9.59 Å². The number of carbonyl (C=O) groups excluding carboxylic acids is 2. The molecule has 2 fully saturated rings. The normalized spacial score (nSPS) is 26.2. The van der Waals surface area contributed by atoms with Gasteiger partial charge in [-0.25, -0.2) is 0 Å². The van der Waals surface area contributed by atoms with Crippen LogP contribution < -0.4 is 0 Å². The van der Waals surface area contributed by atoms with Gasteiger partial charge in [0.2, 0.25) is 5.91 Å². The van der Waals surface area contributed by atoms with Gasteiger partial charge in [0.05, 0.1) is 12.3 Å². The molecule has 1 aliphatic carbocycles. The number of nitrogens with zero attached hydrogens (tertiary/aromatic N) is 1. The van der Waals surface area contributed by atoms with Crippen LogP contribution in [0.2, 0.25) is 0 Å². The highest BCUT2D eigenvalue weighted by molar-refractivity contribution is 5.88. The van der Waals surface area contributed by atoms with E-state index in [-0.39, 0.29) is 24.2 Å². The Hall–Kier alpha value is -1.06. The van der Waals surface area contributed by atoms with Crippen LogP contribution in [-0.2, 0) is 14.3 Å². The lowest BCUT2D eigenvalue weighted by molar-refractivity contribution is -0.151. The molecule has 0 unspecified atom stereocenters. The van der Waals surface area contributed by atoms with Gasteiger partial charge in [0.1, 0.15) is 5.60 Å². The Kier molecular flexibility index (Phi) is 3.40. The lowest BCUT2D eigenvalue weighted by atomic mass is 9.84. The molecule has 0 aromatic heterocycles. The summed E-state index contributed by atoms with van der Waals surface area (Å²) in [6, 6.07) is 0. The van der Waals surface area contributed by atoms with Gasteiger partial charge in [0.25, 0.3) is 0 Å². The zero-order valence-electron chi connectivity index (χ0n) is 10.7. The largest absolute Gasteiger partial charge is 0.458 e. The molecule has 0 N–H and O–H groups in total. The zero-order chi connectivity index (χ0) is 12.5. The molecule has 1 aliphatic heterocycles. The average Bonchev–Trinajstić information content (AvgIpc) is 2.89. The third kappa shape index (κ3) is 2.05. The van der Waals surface area contributed by atoms with Crippen LogP contribution in [0.4, 0.5) is 0 Å². The third-order valence-corrected chi connectivity index (χ3v) is 4.15. The second-order valence-corrected chi connectivity index (χ2v) is 5.01. The van der Waals surface area contributed by atoms with Gasteiger partial charge in [-0.05, 0) is 39.5 Å². The van der Waals surface area contributed by atoms with E-state index in [9.17, 15) is 9.59 Å². The van der Waals surface area contributed by atoms with Crippen molar-refractivity contribution in [3.8, 4) is 0 Å². The van der Waals surface area contributed by atoms with Crippen LogP contribution >= 0.6 is 0 Å². The van der Waals surface area contributed by atoms with E-state index in [1.165, 1.54) is 0 Å². The van der Waals surface area contributed by atoms with E-state index in [0.717, 1.165) is 25.7 Å². The molecule has 96 valence electrons. The fourth-order valence-electron chi connectivity index (χ4n) is 3.18. The van der Waals surface area contributed by atoms with E-state index in [1.54, 1.807) is 0 Å². The Bertz CT molecular complexity index is 317. The molecular weight excluding hydrogens is 218 g/mol. The second kappa shape index (κ2) is 4.67. The Morgan fingerprint density at radius 1 is 1.35 bits per heavy atom. The predicted molar refractivity (Wildman–Crippen MR) is 63.3 cm³/mol. The number of hydrogen-bond donors (Lipinski definition) is 0. The third-order valence-electron chi connectivity index (χ3n) is 4.15. The molecule has 4 heteroatoms. The van der Waals surface area contributed by atoms with Crippen LogP contribution in [0.3, 0.4) is 0 Å². The molecule has 0 radical (unpaired) electrons. The molecule has 0 aromatic carbocycles. The van der Waals surface area contributed by atoms with Gasteiger partial charge in [0, 0.05) is 13.1 Å². The van der Waals surface area contributed by atoms with Gasteiger partial charge < -0.3 is 9.64 Å². The SMILES string of the molecule is CCN(CC)C(=O)[C@@H]1CC(=O)OC12CCCC2. The molecule has 17 heavy (non-hydrogen) atoms. The maximum absolute atomic E-state index is 12.4. The molecule has 1 amide bonds. The number of amides is 1. The van der Waals surface area contributed by atoms with E-state index in [1.807, 2.05) is 18.7 Å². The first kappa shape index (κ1) is 12.4. The van der Waals surface area contributed by atoms with E-state index >= 15 is 0 Å². The van der Waals surface area contributed by atoms with Crippen molar-refractivity contribution in [1.82, 2.24) is 4.90 Å². The zero-order valence-corrected chi connectivity index (χ0v) is 10.7. The van der Waals surface area contributed by atoms with Crippen LogP contribution in [-0.4, -0.2) is 35.5 Å². The van der Waals surface area contributed by atoms with Crippen LogP contribution in [0.15, 0.2) is 0 Å². The van der Waals surface area contributed by atoms with Crippen molar-refractivity contribution in [2.24, 2.45) is 5.92 Å². The van der Waals surface area contributed by atoms with E-state index < -0.39 is 5.60 Å². The summed E-state index contributed by atoms with van der Waals surface area (Å²) in [4.78, 5) is 25.7. The first-order valence-electron chi connectivity index (χ1n) is 6.63. The molecule has 1 saturated heterocycles. The maximum Gasteiger partial charge on any atom is 0.307 e. The second-order valence-electron chi connectivity index (χ2n) is 5.01. The van der Waals surface area contributed by atoms with Gasteiger partial charge >= 0.3 is 5.97 Å². The molecular formula is C13H21NO3. The number of carbonyl (C=O) groups is 2. The average molecular weight is 239 g/mol. The Balaban J connectivity index is 2.18. The van der Waals surface area contributed by atoms with Crippen LogP contribution in [0.5, 0.6) is 0 Å². The molecule has 1 spiro atoms. The molecule has 1 atom stereocenters. The summed E-state index contributed by atoms with van der Waals surface area (Å²) in [6.45, 7) is 5.35. The van der Waals surface area contributed by atoms with Crippen LogP contribution in [0.25, 0.3) is 0 Å². The van der Waals surface area contributed by atoms with Gasteiger partial charge in [-0.2, -0.15) is 0 Å². The minimum absolute atomic E-state index is 0.0998. The van der Waals surface area contributed by atoms with Crippen molar-refractivity contribution in [2.75, 3.05) is 13.1 Å². The van der Waals surface area contributed by atoms with Crippen molar-refractivity contribution in [1.29, 1.82) is 0 Å². The fourth-order valence-corrected chi connectivity index (χ4v) is 3.18. The first-order chi connectivity index (χ1) is 8.13. The summed E-state index contributed by atoms with van der Waals surface area (Å²) in [7, 11) is 0. The minimum atomic E-state index is -0.462. The summed E-state index contributed by atoms with van der Waals surface area (Å²) < 4.78 is 5.50. The van der Waals surface area contributed by atoms with Crippen LogP contribution in [0, 0.1) is 5.92 Å². The Morgan fingerprint density at radius 3 is 2.47 bits per heavy atom. The van der Waals surface area contributed by atoms with E-state index in [2.05, 4.69) is 0 Å². The quantitative estimate of drug-likeness (QED) is 0.705. The summed E-state index contributed by atoms with van der Waals surface area (Å²) in [5.41, 5.74) is -0.462. The lowest BCUT2D eigenvalue weighted by Crippen LogP contribution is -2.44. The molecule has 0 aromatic rings. The summed E-state index contributed by atoms with van der Waals surface area (Å²) in [6.07, 6.45) is 4.12. The van der Waals surface area contributed by atoms with Crippen molar-refractivity contribution in [3.63, 3.8) is 0 Å². The summed E-state index contributed by atoms with van der Waals surface area (Å²) in [5.74, 6) is -0.336. The highest BCUT2D eigenvalue weighted by Gasteiger charge is 2.54. The van der Waals surface area contributed by atoms with Crippen molar-refractivity contribution < 1.29 is 14.3 Å². The standard InChI is InChI=1S/C13H21NO3/c1-3-14(4-2)12(16)10-9-11(15)17-13(10)7-5-6-8-13/h10H,3-9H2,1-2H3/t10-/m0/s1. The number of rotatable bonds is 3. The monoisotopic (exact) mass is 239 g/mol. The fraction of sp³-hybridized carbons (Fsp3) is 0.846. The smallest absolute Gasteiger partial charge is 0.307 e. The highest BCUT2D eigenvalue weighted by atomic mass is 16.6. The topological polar surface area (TPSA) is 46.6 Å². The van der Waals surface area contributed by atoms with E-state index in [0.29, 0.717) is 13.1 Å². The maximum atomic E-state index is 12.4. The first-order valence-corrected chi connectivity index (χ1v) is 6.63. The van der Waals surface area contributed by atoms with Gasteiger partial charge in [-0.1, -0.05) is 0 Å². The molecule has 2 aliphatic rings. The van der Waals surface area contributed by atoms with Crippen molar-refractivity contribution in [2.45, 2.75) is 51.6 Å². The minimum Gasteiger partial charge on any atom is -0.458 e. The van der Waals surface area contributed by atoms with Gasteiger partial charge in [0.15, 0.2) is 0 Å². The lowest BCUT2D eigenvalue weighted by Gasteiger charge is -2.31. The molecule has 4 nitrogen and oxygen atoms in total. The van der Waals surface area contributed by atoms with Crippen molar-refractivity contribution >= 4 is 11.9 Å². The van der Waals surface area contributed by atoms with Gasteiger partial charge in [-0.15, -0.1) is 0 Å². The number of ether oxygens (including phenoxy) is 1. The molecule has 2 rings (SSSR count). The van der Waals surface area contributed by atoms with Crippen molar-refractivity contribution in [3.05, 3.63) is 0 Å². The Labute approximate surface area is 102 Å². The summed E-state index contributed by atoms with van der Waals surface area (Å²) in [5, 5.41) is 0. The molecule has 1 saturated carbocycles. The molecule has 0 bridgehead atoms.